The van der Waals surface area contributed by atoms with Crippen molar-refractivity contribution in [3.63, 3.8) is 0 Å². The van der Waals surface area contributed by atoms with Crippen LogP contribution in [0.3, 0.4) is 0 Å². The van der Waals surface area contributed by atoms with Gasteiger partial charge in [-0.25, -0.2) is 18.4 Å². The summed E-state index contributed by atoms with van der Waals surface area (Å²) in [7, 11) is 0. The minimum Gasteiger partial charge on any atom is -0.387 e. The Morgan fingerprint density at radius 3 is 2.53 bits per heavy atom. The Balaban J connectivity index is 0.00000289. The third-order valence-corrected chi connectivity index (χ3v) is 5.14. The van der Waals surface area contributed by atoms with E-state index >= 15 is 0 Å². The monoisotopic (exact) mass is 487 g/mol. The first-order valence-corrected chi connectivity index (χ1v) is 9.69. The van der Waals surface area contributed by atoms with Crippen LogP contribution in [0.25, 0.3) is 11.4 Å². The summed E-state index contributed by atoms with van der Waals surface area (Å²) in [6.07, 6.45) is 1.17. The molecule has 0 saturated heterocycles. The van der Waals surface area contributed by atoms with E-state index in [1.54, 1.807) is 11.6 Å². The molecule has 32 heavy (non-hydrogen) atoms. The van der Waals surface area contributed by atoms with E-state index in [-0.39, 0.29) is 43.3 Å². The van der Waals surface area contributed by atoms with Gasteiger partial charge in [-0.2, -0.15) is 18.6 Å². The first-order valence-electron chi connectivity index (χ1n) is 9.32. The number of aromatic nitrogens is 5. The molecule has 1 aliphatic heterocycles. The van der Waals surface area contributed by atoms with Crippen LogP contribution in [0.15, 0.2) is 24.4 Å². The van der Waals surface area contributed by atoms with Crippen LogP contribution in [0.1, 0.15) is 12.7 Å². The molecular weight excluding hydrogens is 468 g/mol. The summed E-state index contributed by atoms with van der Waals surface area (Å²) < 4.78 is 30.0. The number of fused-ring (bicyclic) bond motifs is 1. The second kappa shape index (κ2) is 9.10. The number of nitrogens with zero attached hydrogens (tertiary/aromatic N) is 7. The van der Waals surface area contributed by atoms with Gasteiger partial charge < -0.3 is 15.2 Å². The first kappa shape index (κ1) is 24.0. The molecule has 3 heterocycles. The molecule has 0 unspecified atom stereocenters. The molecule has 1 atom stereocenters. The second-order valence-corrected chi connectivity index (χ2v) is 8.03. The van der Waals surface area contributed by atoms with Crippen LogP contribution in [0.2, 0.25) is 5.28 Å². The summed E-state index contributed by atoms with van der Waals surface area (Å²) in [5.74, 6) is -0.997. The van der Waals surface area contributed by atoms with Gasteiger partial charge in [0.2, 0.25) is 0 Å². The molecule has 10 nitrogen and oxygen atoms in total. The summed E-state index contributed by atoms with van der Waals surface area (Å²) in [6.45, 7) is 3.22. The fourth-order valence-corrected chi connectivity index (χ4v) is 3.80. The number of hydrogen-bond donors (Lipinski definition) is 1. The average molecular weight is 488 g/mol. The van der Waals surface area contributed by atoms with Crippen molar-refractivity contribution in [3.8, 4) is 11.4 Å². The Bertz CT molecular complexity index is 1130. The molecule has 0 aliphatic carbocycles. The molecule has 0 amide bonds. The van der Waals surface area contributed by atoms with E-state index in [2.05, 4.69) is 15.1 Å². The van der Waals surface area contributed by atoms with E-state index in [1.165, 1.54) is 22.9 Å². The van der Waals surface area contributed by atoms with Gasteiger partial charge in [0.05, 0.1) is 25.2 Å². The topological polar surface area (TPSA) is 115 Å². The lowest BCUT2D eigenvalue weighted by atomic mass is 10.1. The zero-order valence-corrected chi connectivity index (χ0v) is 18.6. The van der Waals surface area contributed by atoms with Crippen LogP contribution in [0.5, 0.6) is 0 Å². The lowest BCUT2D eigenvalue weighted by molar-refractivity contribution is -0.389. The zero-order chi connectivity index (χ0) is 22.3. The van der Waals surface area contributed by atoms with Gasteiger partial charge in [0.15, 0.2) is 5.82 Å². The van der Waals surface area contributed by atoms with Crippen molar-refractivity contribution in [3.05, 3.63) is 57.3 Å². The molecule has 172 valence electrons. The molecule has 0 fully saturated rings. The third kappa shape index (κ3) is 5.23. The van der Waals surface area contributed by atoms with Gasteiger partial charge in [-0.3, -0.25) is 9.47 Å². The van der Waals surface area contributed by atoms with E-state index in [0.29, 0.717) is 25.5 Å². The summed E-state index contributed by atoms with van der Waals surface area (Å²) in [4.78, 5) is 20.2. The van der Waals surface area contributed by atoms with Crippen molar-refractivity contribution in [2.75, 3.05) is 13.1 Å². The SMILES string of the molecule is C[C@](O)(CN1CCn2nc(-c3cc(F)cc(F)c3)nc2C1)Cn1cc([N+](=O)[O-])nc1Cl.S. The quantitative estimate of drug-likeness (QED) is 0.419. The predicted octanol–water partition coefficient (Wildman–Crippen LogP) is 2.36. The van der Waals surface area contributed by atoms with Crippen molar-refractivity contribution in [1.29, 1.82) is 0 Å². The van der Waals surface area contributed by atoms with E-state index < -0.39 is 28.0 Å². The largest absolute Gasteiger partial charge is 0.387 e. The summed E-state index contributed by atoms with van der Waals surface area (Å²) >= 11 is 5.94. The second-order valence-electron chi connectivity index (χ2n) is 7.69. The molecule has 0 radical (unpaired) electrons. The zero-order valence-electron chi connectivity index (χ0n) is 16.9. The van der Waals surface area contributed by atoms with Crippen LogP contribution < -0.4 is 0 Å². The highest BCUT2D eigenvalue weighted by Crippen LogP contribution is 2.23. The molecule has 1 aliphatic rings. The third-order valence-electron chi connectivity index (χ3n) is 4.84. The molecule has 14 heteroatoms. The Morgan fingerprint density at radius 1 is 1.22 bits per heavy atom. The number of halogens is 3. The number of hydrogen-bond acceptors (Lipinski definition) is 7. The van der Waals surface area contributed by atoms with E-state index in [9.17, 15) is 24.0 Å². The number of benzene rings is 1. The summed E-state index contributed by atoms with van der Waals surface area (Å²) in [6, 6.07) is 3.12. The van der Waals surface area contributed by atoms with Crippen molar-refractivity contribution >= 4 is 30.9 Å². The van der Waals surface area contributed by atoms with Crippen LogP contribution in [-0.4, -0.2) is 57.9 Å². The Kier molecular flexibility index (Phi) is 6.83. The van der Waals surface area contributed by atoms with Crippen molar-refractivity contribution < 1.29 is 18.8 Å². The van der Waals surface area contributed by atoms with Crippen molar-refractivity contribution in [2.24, 2.45) is 0 Å². The van der Waals surface area contributed by atoms with Gasteiger partial charge in [-0.1, -0.05) is 0 Å². The minimum absolute atomic E-state index is 0. The van der Waals surface area contributed by atoms with Crippen molar-refractivity contribution in [1.82, 2.24) is 29.2 Å². The Morgan fingerprint density at radius 2 is 1.91 bits per heavy atom. The van der Waals surface area contributed by atoms with Crippen LogP contribution in [-0.2, 0) is 19.6 Å². The molecule has 1 N–H and O–H groups in total. The first-order chi connectivity index (χ1) is 14.6. The highest BCUT2D eigenvalue weighted by atomic mass is 35.5. The fraction of sp³-hybridized carbons (Fsp3) is 0.389. The summed E-state index contributed by atoms with van der Waals surface area (Å²) in [5, 5.41) is 25.9. The van der Waals surface area contributed by atoms with Gasteiger partial charge in [-0.05, 0) is 40.6 Å². The molecular formula is C18H20ClF2N7O3S. The highest BCUT2D eigenvalue weighted by molar-refractivity contribution is 7.59. The molecule has 0 saturated carbocycles. The Hall–Kier alpha value is -2.61. The van der Waals surface area contributed by atoms with E-state index in [1.807, 2.05) is 4.90 Å². The number of aliphatic hydroxyl groups is 1. The number of β-amino-alcohol motifs (C(OH)–C–C–N with tert-alkyl or cyclic N) is 1. The highest BCUT2D eigenvalue weighted by Gasteiger charge is 2.30. The van der Waals surface area contributed by atoms with Gasteiger partial charge >= 0.3 is 11.1 Å². The molecule has 3 aromatic rings. The van der Waals surface area contributed by atoms with E-state index in [0.717, 1.165) is 6.07 Å². The van der Waals surface area contributed by atoms with Crippen LogP contribution >= 0.6 is 25.1 Å². The lowest BCUT2D eigenvalue weighted by Gasteiger charge is -2.33. The van der Waals surface area contributed by atoms with Gasteiger partial charge in [0.25, 0.3) is 0 Å². The molecule has 2 aromatic heterocycles. The van der Waals surface area contributed by atoms with Gasteiger partial charge in [0, 0.05) is 24.7 Å². The smallest absolute Gasteiger partial charge is 0.383 e. The standard InChI is InChI=1S/C18H18ClF2N7O3.H2S/c1-18(29,10-26-8-15(28(30)31)23-17(26)19)9-25-2-3-27-14(7-25)22-16(24-27)11-4-12(20)6-13(21)5-11;/h4-6,8,29H,2-3,7,9-10H2,1H3;1H2/t18-;/m0./s1. The minimum atomic E-state index is -1.27. The summed E-state index contributed by atoms with van der Waals surface area (Å²) in [5.41, 5.74) is -1.02. The van der Waals surface area contributed by atoms with Gasteiger partial charge in [0.1, 0.15) is 23.7 Å². The van der Waals surface area contributed by atoms with Crippen LogP contribution in [0.4, 0.5) is 14.6 Å². The number of imidazole rings is 1. The molecule has 0 spiro atoms. The number of rotatable bonds is 6. The fourth-order valence-electron chi connectivity index (χ4n) is 3.60. The normalized spacial score (nSPS) is 15.7. The maximum atomic E-state index is 13.5. The Labute approximate surface area is 193 Å². The average Bonchev–Trinajstić information content (AvgIpc) is 3.24. The van der Waals surface area contributed by atoms with Crippen LogP contribution in [0, 0.1) is 21.7 Å². The predicted molar refractivity (Wildman–Crippen MR) is 116 cm³/mol. The maximum Gasteiger partial charge on any atom is 0.383 e. The van der Waals surface area contributed by atoms with Gasteiger partial charge in [-0.15, -0.1) is 0 Å². The molecule has 1 aromatic carbocycles. The van der Waals surface area contributed by atoms with E-state index in [4.69, 9.17) is 11.6 Å². The molecule has 4 rings (SSSR count). The van der Waals surface area contributed by atoms with Crippen molar-refractivity contribution in [2.45, 2.75) is 32.2 Å². The maximum absolute atomic E-state index is 13.5. The number of nitro groups is 1. The molecule has 0 bridgehead atoms. The lowest BCUT2D eigenvalue weighted by Crippen LogP contribution is -2.46.